The highest BCUT2D eigenvalue weighted by molar-refractivity contribution is 7.49. The summed E-state index contributed by atoms with van der Waals surface area (Å²) in [6, 6.07) is 34.2. The van der Waals surface area contributed by atoms with Crippen molar-refractivity contribution in [2.75, 3.05) is 0 Å². The monoisotopic (exact) mass is 549 g/mol. The molecule has 2 nitrogen and oxygen atoms in total. The number of ether oxygens (including phenoxy) is 1. The summed E-state index contributed by atoms with van der Waals surface area (Å²) in [5.41, 5.74) is 7.39. The Labute approximate surface area is 243 Å². The SMILES string of the molecule is CCCC(C)c1cccc(C(CC)(CC)Pc2c(C)cccc2/C=N/c2ccccc2)c1OCc1ccccc1. The van der Waals surface area contributed by atoms with E-state index in [0.717, 1.165) is 37.1 Å². The molecule has 0 aliphatic rings. The fraction of sp³-hybridized carbons (Fsp3) is 0.324. The van der Waals surface area contributed by atoms with Crippen LogP contribution < -0.4 is 10.0 Å². The number of aliphatic imine (C=N–C) groups is 1. The molecule has 0 radical (unpaired) electrons. The van der Waals surface area contributed by atoms with E-state index in [-0.39, 0.29) is 5.16 Å². The third-order valence-corrected chi connectivity index (χ3v) is 10.4. The summed E-state index contributed by atoms with van der Waals surface area (Å²) in [6.45, 7) is 12.1. The van der Waals surface area contributed by atoms with E-state index in [4.69, 9.17) is 9.73 Å². The summed E-state index contributed by atoms with van der Waals surface area (Å²) in [5, 5.41) is 1.36. The Morgan fingerprint density at radius 1 is 0.825 bits per heavy atom. The van der Waals surface area contributed by atoms with Crippen molar-refractivity contribution in [2.45, 2.75) is 78.0 Å². The summed E-state index contributed by atoms with van der Waals surface area (Å²) < 4.78 is 6.81. The van der Waals surface area contributed by atoms with Crippen LogP contribution in [-0.2, 0) is 11.8 Å². The molecule has 0 aliphatic heterocycles. The van der Waals surface area contributed by atoms with E-state index >= 15 is 0 Å². The quantitative estimate of drug-likeness (QED) is 0.120. The Hall–Kier alpha value is -3.22. The molecule has 3 heteroatoms. The van der Waals surface area contributed by atoms with Crippen molar-refractivity contribution < 1.29 is 4.74 Å². The van der Waals surface area contributed by atoms with Crippen LogP contribution in [0, 0.1) is 6.92 Å². The van der Waals surface area contributed by atoms with Crippen LogP contribution in [0.25, 0.3) is 0 Å². The number of aryl methyl sites for hydroxylation is 1. The average Bonchev–Trinajstić information content (AvgIpc) is 3.00. The first-order valence-corrected chi connectivity index (χ1v) is 15.8. The fourth-order valence-corrected chi connectivity index (χ4v) is 7.28. The third kappa shape index (κ3) is 7.10. The second-order valence-electron chi connectivity index (χ2n) is 10.7. The molecule has 0 saturated carbocycles. The van der Waals surface area contributed by atoms with Crippen LogP contribution in [0.4, 0.5) is 5.69 Å². The second-order valence-corrected chi connectivity index (χ2v) is 12.4. The Morgan fingerprint density at radius 3 is 2.17 bits per heavy atom. The lowest BCUT2D eigenvalue weighted by molar-refractivity contribution is 0.293. The van der Waals surface area contributed by atoms with Crippen molar-refractivity contribution in [1.29, 1.82) is 0 Å². The molecule has 0 aromatic heterocycles. The minimum absolute atomic E-state index is 0.0323. The van der Waals surface area contributed by atoms with Gasteiger partial charge in [-0.05, 0) is 66.2 Å². The first-order chi connectivity index (χ1) is 19.5. The molecule has 0 bridgehead atoms. The molecule has 0 heterocycles. The maximum atomic E-state index is 6.81. The van der Waals surface area contributed by atoms with Crippen molar-refractivity contribution >= 4 is 25.8 Å². The van der Waals surface area contributed by atoms with Crippen molar-refractivity contribution in [3.63, 3.8) is 0 Å². The predicted octanol–water partition coefficient (Wildman–Crippen LogP) is 10.2. The van der Waals surface area contributed by atoms with Crippen molar-refractivity contribution in [3.05, 3.63) is 125 Å². The summed E-state index contributed by atoms with van der Waals surface area (Å²) in [7, 11) is 0.595. The van der Waals surface area contributed by atoms with Gasteiger partial charge >= 0.3 is 0 Å². The van der Waals surface area contributed by atoms with E-state index in [1.165, 1.54) is 33.1 Å². The molecule has 2 unspecified atom stereocenters. The molecule has 40 heavy (non-hydrogen) atoms. The summed E-state index contributed by atoms with van der Waals surface area (Å²) in [5.74, 6) is 1.54. The molecule has 0 fully saturated rings. The van der Waals surface area contributed by atoms with E-state index in [0.29, 0.717) is 21.1 Å². The van der Waals surface area contributed by atoms with Gasteiger partial charge in [0.2, 0.25) is 0 Å². The summed E-state index contributed by atoms with van der Waals surface area (Å²) in [6.07, 6.45) is 6.44. The van der Waals surface area contributed by atoms with E-state index in [9.17, 15) is 0 Å². The average molecular weight is 550 g/mol. The number of hydrogen-bond acceptors (Lipinski definition) is 2. The van der Waals surface area contributed by atoms with Gasteiger partial charge in [-0.3, -0.25) is 4.99 Å². The first kappa shape index (κ1) is 29.8. The van der Waals surface area contributed by atoms with Crippen LogP contribution >= 0.6 is 8.58 Å². The maximum Gasteiger partial charge on any atom is 0.127 e. The first-order valence-electron chi connectivity index (χ1n) is 14.8. The Morgan fingerprint density at radius 2 is 1.50 bits per heavy atom. The highest BCUT2D eigenvalue weighted by Gasteiger charge is 2.34. The lowest BCUT2D eigenvalue weighted by atomic mass is 9.86. The van der Waals surface area contributed by atoms with Gasteiger partial charge in [0.05, 0.1) is 5.69 Å². The molecule has 208 valence electrons. The van der Waals surface area contributed by atoms with E-state index in [2.05, 4.69) is 113 Å². The molecule has 0 spiro atoms. The summed E-state index contributed by atoms with van der Waals surface area (Å²) in [4.78, 5) is 4.83. The zero-order valence-electron chi connectivity index (χ0n) is 24.8. The second kappa shape index (κ2) is 14.4. The zero-order chi connectivity index (χ0) is 28.4. The predicted molar refractivity (Wildman–Crippen MR) is 176 cm³/mol. The van der Waals surface area contributed by atoms with Gasteiger partial charge in [0, 0.05) is 22.5 Å². The molecular formula is C37H44NOP. The minimum atomic E-state index is -0.0323. The van der Waals surface area contributed by atoms with Gasteiger partial charge in [-0.1, -0.05) is 128 Å². The number of rotatable bonds is 13. The van der Waals surface area contributed by atoms with Crippen LogP contribution in [0.1, 0.15) is 87.1 Å². The van der Waals surface area contributed by atoms with Crippen molar-refractivity contribution in [2.24, 2.45) is 4.99 Å². The topological polar surface area (TPSA) is 21.6 Å². The molecule has 0 amide bonds. The Kier molecular flexibility index (Phi) is 10.7. The van der Waals surface area contributed by atoms with Gasteiger partial charge in [0.1, 0.15) is 12.4 Å². The van der Waals surface area contributed by atoms with Gasteiger partial charge in [0.15, 0.2) is 0 Å². The lowest BCUT2D eigenvalue weighted by Gasteiger charge is -2.36. The van der Waals surface area contributed by atoms with Gasteiger partial charge in [0.25, 0.3) is 0 Å². The third-order valence-electron chi connectivity index (χ3n) is 8.02. The fourth-order valence-electron chi connectivity index (χ4n) is 5.54. The van der Waals surface area contributed by atoms with Gasteiger partial charge in [-0.2, -0.15) is 0 Å². The van der Waals surface area contributed by atoms with Crippen molar-refractivity contribution in [3.8, 4) is 5.75 Å². The number of benzene rings is 4. The maximum absolute atomic E-state index is 6.81. The normalized spacial score (nSPS) is 12.8. The summed E-state index contributed by atoms with van der Waals surface area (Å²) >= 11 is 0. The molecule has 0 saturated heterocycles. The molecule has 4 rings (SSSR count). The van der Waals surface area contributed by atoms with Crippen LogP contribution in [0.2, 0.25) is 0 Å². The molecule has 0 N–H and O–H groups in total. The van der Waals surface area contributed by atoms with Crippen LogP contribution in [0.15, 0.2) is 102 Å². The molecule has 4 aromatic rings. The molecular weight excluding hydrogens is 505 g/mol. The van der Waals surface area contributed by atoms with Crippen LogP contribution in [0.5, 0.6) is 5.75 Å². The highest BCUT2D eigenvalue weighted by atomic mass is 31.1. The molecule has 0 aliphatic carbocycles. The highest BCUT2D eigenvalue weighted by Crippen LogP contribution is 2.52. The Balaban J connectivity index is 1.79. The largest absolute Gasteiger partial charge is 0.488 e. The van der Waals surface area contributed by atoms with Gasteiger partial charge in [-0.15, -0.1) is 0 Å². The van der Waals surface area contributed by atoms with E-state index in [1.807, 2.05) is 24.4 Å². The molecule has 4 aromatic carbocycles. The van der Waals surface area contributed by atoms with E-state index in [1.54, 1.807) is 0 Å². The standard InChI is InChI=1S/C37H44NOP/c1-6-17-28(4)33-24-16-25-34(35(33)39-27-30-19-11-9-12-20-30)37(7-2,8-3)40-36-29(5)18-15-21-31(36)26-38-32-22-13-10-14-23-32/h9-16,18-26,28,40H,6-8,17,27H2,1-5H3/b38-26+. The van der Waals surface area contributed by atoms with Crippen LogP contribution in [-0.4, -0.2) is 6.21 Å². The number of nitrogens with zero attached hydrogens (tertiary/aromatic N) is 1. The minimum Gasteiger partial charge on any atom is -0.488 e. The Bertz CT molecular complexity index is 1380. The lowest BCUT2D eigenvalue weighted by Crippen LogP contribution is -2.25. The van der Waals surface area contributed by atoms with Crippen molar-refractivity contribution in [1.82, 2.24) is 0 Å². The van der Waals surface area contributed by atoms with E-state index < -0.39 is 0 Å². The zero-order valence-corrected chi connectivity index (χ0v) is 25.8. The number of hydrogen-bond donors (Lipinski definition) is 0. The van der Waals surface area contributed by atoms with Crippen LogP contribution in [0.3, 0.4) is 0 Å². The van der Waals surface area contributed by atoms with Gasteiger partial charge in [-0.25, -0.2) is 0 Å². The smallest absolute Gasteiger partial charge is 0.127 e. The number of para-hydroxylation sites is 2. The molecule has 2 atom stereocenters. The van der Waals surface area contributed by atoms with Gasteiger partial charge < -0.3 is 4.74 Å².